The largest absolute Gasteiger partial charge is 0.359 e. The molecule has 0 aliphatic carbocycles. The highest BCUT2D eigenvalue weighted by Gasteiger charge is 2.23. The predicted octanol–water partition coefficient (Wildman–Crippen LogP) is 2.53. The standard InChI is InChI=1S/C23H37N5O2/c1-6-25-22(28-12-10-17(11-13-28)15-20(29)24-5)26-16-18-8-7-9-19(14-18)21(30)27-23(2,3)4/h7-9,14,17H,6,10-13,15-16H2,1-5H3,(H,24,29)(H,25,26)(H,27,30). The van der Waals surface area contributed by atoms with Gasteiger partial charge in [-0.05, 0) is 64.2 Å². The maximum atomic E-state index is 12.4. The minimum absolute atomic E-state index is 0.0709. The number of hydrogen-bond acceptors (Lipinski definition) is 3. The molecule has 0 radical (unpaired) electrons. The van der Waals surface area contributed by atoms with Gasteiger partial charge in [-0.25, -0.2) is 4.99 Å². The first-order valence-electron chi connectivity index (χ1n) is 10.9. The van der Waals surface area contributed by atoms with Crippen molar-refractivity contribution in [3.63, 3.8) is 0 Å². The van der Waals surface area contributed by atoms with Crippen molar-refractivity contribution in [3.8, 4) is 0 Å². The number of piperidine rings is 1. The molecule has 7 nitrogen and oxygen atoms in total. The molecule has 2 rings (SSSR count). The number of benzene rings is 1. The van der Waals surface area contributed by atoms with Crippen molar-refractivity contribution >= 4 is 17.8 Å². The van der Waals surface area contributed by atoms with Crippen LogP contribution in [0.1, 0.15) is 62.9 Å². The highest BCUT2D eigenvalue weighted by Crippen LogP contribution is 2.20. The lowest BCUT2D eigenvalue weighted by molar-refractivity contribution is -0.121. The lowest BCUT2D eigenvalue weighted by Gasteiger charge is -2.34. The molecule has 7 heteroatoms. The second-order valence-corrected chi connectivity index (χ2v) is 8.88. The molecule has 1 saturated heterocycles. The number of rotatable bonds is 6. The molecule has 0 bridgehead atoms. The molecule has 0 aromatic heterocycles. The van der Waals surface area contributed by atoms with Gasteiger partial charge in [0.25, 0.3) is 5.91 Å². The molecule has 1 aliphatic heterocycles. The van der Waals surface area contributed by atoms with Gasteiger partial charge in [0.15, 0.2) is 5.96 Å². The van der Waals surface area contributed by atoms with Crippen molar-refractivity contribution in [1.82, 2.24) is 20.9 Å². The summed E-state index contributed by atoms with van der Waals surface area (Å²) in [6.45, 7) is 11.1. The van der Waals surface area contributed by atoms with E-state index in [1.54, 1.807) is 7.05 Å². The summed E-state index contributed by atoms with van der Waals surface area (Å²) in [4.78, 5) is 31.1. The Hall–Kier alpha value is -2.57. The summed E-state index contributed by atoms with van der Waals surface area (Å²) in [6, 6.07) is 7.64. The summed E-state index contributed by atoms with van der Waals surface area (Å²) in [5, 5.41) is 9.09. The molecule has 1 heterocycles. The quantitative estimate of drug-likeness (QED) is 0.492. The third-order valence-electron chi connectivity index (χ3n) is 5.09. The molecular formula is C23H37N5O2. The van der Waals surface area contributed by atoms with Crippen LogP contribution in [0.5, 0.6) is 0 Å². The average Bonchev–Trinajstić information content (AvgIpc) is 2.70. The second-order valence-electron chi connectivity index (χ2n) is 8.88. The van der Waals surface area contributed by atoms with Gasteiger partial charge in [0.2, 0.25) is 5.91 Å². The fourth-order valence-electron chi connectivity index (χ4n) is 3.53. The molecular weight excluding hydrogens is 378 g/mol. The van der Waals surface area contributed by atoms with Gasteiger partial charge in [-0.15, -0.1) is 0 Å². The molecule has 1 aromatic rings. The van der Waals surface area contributed by atoms with Crippen LogP contribution in [-0.2, 0) is 11.3 Å². The fourth-order valence-corrected chi connectivity index (χ4v) is 3.53. The number of likely N-dealkylation sites (tertiary alicyclic amines) is 1. The van der Waals surface area contributed by atoms with Gasteiger partial charge in [-0.2, -0.15) is 0 Å². The molecule has 1 fully saturated rings. The molecule has 3 N–H and O–H groups in total. The van der Waals surface area contributed by atoms with Gasteiger partial charge in [0, 0.05) is 44.2 Å². The highest BCUT2D eigenvalue weighted by atomic mass is 16.2. The highest BCUT2D eigenvalue weighted by molar-refractivity contribution is 5.94. The average molecular weight is 416 g/mol. The lowest BCUT2D eigenvalue weighted by Crippen LogP contribution is -2.46. The number of nitrogens with zero attached hydrogens (tertiary/aromatic N) is 2. The van der Waals surface area contributed by atoms with Crippen LogP contribution < -0.4 is 16.0 Å². The van der Waals surface area contributed by atoms with E-state index in [1.807, 2.05) is 45.0 Å². The van der Waals surface area contributed by atoms with Gasteiger partial charge >= 0.3 is 0 Å². The van der Waals surface area contributed by atoms with Crippen LogP contribution in [0, 0.1) is 5.92 Å². The van der Waals surface area contributed by atoms with Gasteiger partial charge in [-0.3, -0.25) is 9.59 Å². The monoisotopic (exact) mass is 415 g/mol. The minimum Gasteiger partial charge on any atom is -0.359 e. The van der Waals surface area contributed by atoms with E-state index in [1.165, 1.54) is 0 Å². The summed E-state index contributed by atoms with van der Waals surface area (Å²) in [5.74, 6) is 1.37. The van der Waals surface area contributed by atoms with E-state index in [4.69, 9.17) is 4.99 Å². The van der Waals surface area contributed by atoms with Gasteiger partial charge in [0.1, 0.15) is 0 Å². The molecule has 2 amide bonds. The van der Waals surface area contributed by atoms with E-state index in [0.717, 1.165) is 44.0 Å². The van der Waals surface area contributed by atoms with E-state index in [0.29, 0.717) is 24.4 Å². The maximum absolute atomic E-state index is 12.4. The molecule has 30 heavy (non-hydrogen) atoms. The fraction of sp³-hybridized carbons (Fsp3) is 0.609. The number of carbonyl (C=O) groups excluding carboxylic acids is 2. The smallest absolute Gasteiger partial charge is 0.251 e. The van der Waals surface area contributed by atoms with Crippen molar-refractivity contribution in [1.29, 1.82) is 0 Å². The minimum atomic E-state index is -0.270. The first kappa shape index (κ1) is 23.7. The number of carbonyl (C=O) groups is 2. The van der Waals surface area contributed by atoms with Crippen molar-refractivity contribution < 1.29 is 9.59 Å². The van der Waals surface area contributed by atoms with Crippen molar-refractivity contribution in [2.75, 3.05) is 26.7 Å². The number of amides is 2. The Bertz CT molecular complexity index is 746. The van der Waals surface area contributed by atoms with Crippen LogP contribution in [-0.4, -0.2) is 54.9 Å². The van der Waals surface area contributed by atoms with Gasteiger partial charge < -0.3 is 20.9 Å². The normalized spacial score (nSPS) is 15.6. The van der Waals surface area contributed by atoms with Crippen molar-refractivity contribution in [3.05, 3.63) is 35.4 Å². The van der Waals surface area contributed by atoms with E-state index in [2.05, 4.69) is 27.8 Å². The Morgan fingerprint density at radius 2 is 1.90 bits per heavy atom. The molecule has 0 unspecified atom stereocenters. The van der Waals surface area contributed by atoms with Crippen LogP contribution in [0.4, 0.5) is 0 Å². The third-order valence-corrected chi connectivity index (χ3v) is 5.09. The maximum Gasteiger partial charge on any atom is 0.251 e. The van der Waals surface area contributed by atoms with Crippen LogP contribution in [0.25, 0.3) is 0 Å². The zero-order chi connectivity index (χ0) is 22.1. The zero-order valence-electron chi connectivity index (χ0n) is 19.0. The Morgan fingerprint density at radius 3 is 2.50 bits per heavy atom. The molecule has 1 aliphatic rings. The van der Waals surface area contributed by atoms with Crippen molar-refractivity contribution in [2.45, 2.75) is 59.0 Å². The van der Waals surface area contributed by atoms with E-state index in [-0.39, 0.29) is 17.4 Å². The lowest BCUT2D eigenvalue weighted by atomic mass is 9.93. The van der Waals surface area contributed by atoms with Crippen molar-refractivity contribution in [2.24, 2.45) is 10.9 Å². The zero-order valence-corrected chi connectivity index (χ0v) is 19.0. The Balaban J connectivity index is 2.01. The Labute approximate surface area is 180 Å². The number of guanidine groups is 1. The first-order valence-corrected chi connectivity index (χ1v) is 10.9. The van der Waals surface area contributed by atoms with Crippen LogP contribution in [0.3, 0.4) is 0 Å². The molecule has 0 spiro atoms. The third kappa shape index (κ3) is 7.69. The number of aliphatic imine (C=N–C) groups is 1. The van der Waals surface area contributed by atoms with E-state index in [9.17, 15) is 9.59 Å². The predicted molar refractivity (Wildman–Crippen MR) is 121 cm³/mol. The van der Waals surface area contributed by atoms with Gasteiger partial charge in [-0.1, -0.05) is 12.1 Å². The SMILES string of the molecule is CCNC(=NCc1cccc(C(=O)NC(C)(C)C)c1)N1CCC(CC(=O)NC)CC1. The van der Waals surface area contributed by atoms with Crippen LogP contribution >= 0.6 is 0 Å². The first-order chi connectivity index (χ1) is 14.2. The second kappa shape index (κ2) is 11.0. The summed E-state index contributed by atoms with van der Waals surface area (Å²) < 4.78 is 0. The van der Waals surface area contributed by atoms with E-state index < -0.39 is 0 Å². The summed E-state index contributed by atoms with van der Waals surface area (Å²) in [6.07, 6.45) is 2.57. The van der Waals surface area contributed by atoms with Crippen LogP contribution in [0.15, 0.2) is 29.3 Å². The Kier molecular flexibility index (Phi) is 8.69. The molecule has 0 saturated carbocycles. The van der Waals surface area contributed by atoms with Crippen LogP contribution in [0.2, 0.25) is 0 Å². The summed E-state index contributed by atoms with van der Waals surface area (Å²) >= 11 is 0. The number of nitrogens with one attached hydrogen (secondary N) is 3. The van der Waals surface area contributed by atoms with Gasteiger partial charge in [0.05, 0.1) is 6.54 Å². The van der Waals surface area contributed by atoms with E-state index >= 15 is 0 Å². The molecule has 0 atom stereocenters. The molecule has 1 aromatic carbocycles. The number of hydrogen-bond donors (Lipinski definition) is 3. The topological polar surface area (TPSA) is 85.8 Å². The Morgan fingerprint density at radius 1 is 1.20 bits per heavy atom. The molecule has 166 valence electrons. The summed E-state index contributed by atoms with van der Waals surface area (Å²) in [5.41, 5.74) is 1.38. The summed E-state index contributed by atoms with van der Waals surface area (Å²) in [7, 11) is 1.69.